The van der Waals surface area contributed by atoms with Crippen LogP contribution in [0, 0.1) is 0 Å². The summed E-state index contributed by atoms with van der Waals surface area (Å²) < 4.78 is 40.0. The number of aromatic amines is 1. The Morgan fingerprint density at radius 1 is 0.944 bits per heavy atom. The van der Waals surface area contributed by atoms with Gasteiger partial charge in [-0.1, -0.05) is 12.1 Å². The highest BCUT2D eigenvalue weighted by molar-refractivity contribution is 7.92. The van der Waals surface area contributed by atoms with Crippen LogP contribution >= 0.6 is 0 Å². The number of methoxy groups -OCH3 is 2. The summed E-state index contributed by atoms with van der Waals surface area (Å²) in [5, 5.41) is 2.84. The molecule has 1 aromatic heterocycles. The number of benzene rings is 3. The molecule has 0 unspecified atom stereocenters. The van der Waals surface area contributed by atoms with Gasteiger partial charge in [-0.2, -0.15) is 0 Å². The number of hydrogen-bond donors (Lipinski definition) is 3. The Bertz CT molecular complexity index is 1660. The molecular weight excluding hydrogens is 488 g/mol. The van der Waals surface area contributed by atoms with E-state index >= 15 is 0 Å². The van der Waals surface area contributed by atoms with Crippen molar-refractivity contribution in [3.05, 3.63) is 87.6 Å². The molecule has 0 bridgehead atoms. The highest BCUT2D eigenvalue weighted by atomic mass is 32.2. The standard InChI is InChI=1S/C24H22N4O7S/c1-34-17-10-7-15(8-11-17)27-36(32,33)21-13-16(9-12-20(21)35-2)25-22(29)14-28-19-6-4-3-5-18(19)23(30)26-24(28)31/h3-13,27H,14H2,1-2H3,(H,25,29)(H,26,30,31). The summed E-state index contributed by atoms with van der Waals surface area (Å²) >= 11 is 0. The summed E-state index contributed by atoms with van der Waals surface area (Å²) in [5.74, 6) is 0.0254. The van der Waals surface area contributed by atoms with E-state index in [1.807, 2.05) is 0 Å². The SMILES string of the molecule is COc1ccc(NS(=O)(=O)c2cc(NC(=O)Cn3c(=O)[nH]c(=O)c4ccccc43)ccc2OC)cc1. The summed E-state index contributed by atoms with van der Waals surface area (Å²) in [6, 6.07) is 16.8. The number of para-hydroxylation sites is 1. The van der Waals surface area contributed by atoms with Crippen molar-refractivity contribution in [3.8, 4) is 11.5 Å². The van der Waals surface area contributed by atoms with Crippen LogP contribution in [0.25, 0.3) is 10.9 Å². The number of nitrogens with one attached hydrogen (secondary N) is 3. The lowest BCUT2D eigenvalue weighted by molar-refractivity contribution is -0.116. The number of carbonyl (C=O) groups is 1. The Morgan fingerprint density at radius 2 is 1.64 bits per heavy atom. The number of anilines is 2. The molecule has 11 nitrogen and oxygen atoms in total. The number of aromatic nitrogens is 2. The van der Waals surface area contributed by atoms with Gasteiger partial charge in [0.05, 0.1) is 25.1 Å². The number of nitrogens with zero attached hydrogens (tertiary/aromatic N) is 1. The molecule has 36 heavy (non-hydrogen) atoms. The molecule has 1 amide bonds. The Balaban J connectivity index is 1.60. The summed E-state index contributed by atoms with van der Waals surface area (Å²) in [6.07, 6.45) is 0. The third kappa shape index (κ3) is 5.08. The van der Waals surface area contributed by atoms with E-state index in [9.17, 15) is 22.8 Å². The molecule has 0 aliphatic carbocycles. The Morgan fingerprint density at radius 3 is 2.33 bits per heavy atom. The third-order valence-electron chi connectivity index (χ3n) is 5.29. The fourth-order valence-electron chi connectivity index (χ4n) is 3.58. The van der Waals surface area contributed by atoms with Gasteiger partial charge >= 0.3 is 5.69 Å². The van der Waals surface area contributed by atoms with Gasteiger partial charge < -0.3 is 14.8 Å². The van der Waals surface area contributed by atoms with Crippen LogP contribution in [-0.2, 0) is 21.4 Å². The van der Waals surface area contributed by atoms with Gasteiger partial charge in [0, 0.05) is 11.4 Å². The van der Waals surface area contributed by atoms with Gasteiger partial charge in [0.25, 0.3) is 15.6 Å². The molecule has 0 aliphatic heterocycles. The molecule has 186 valence electrons. The number of rotatable bonds is 8. The Labute approximate surface area is 205 Å². The Hall–Kier alpha value is -4.58. The van der Waals surface area contributed by atoms with Crippen LogP contribution in [0.5, 0.6) is 11.5 Å². The first kappa shape index (κ1) is 24.5. The van der Waals surface area contributed by atoms with E-state index in [4.69, 9.17) is 9.47 Å². The van der Waals surface area contributed by atoms with E-state index in [1.165, 1.54) is 32.4 Å². The van der Waals surface area contributed by atoms with Gasteiger partial charge in [0.2, 0.25) is 5.91 Å². The predicted octanol–water partition coefficient (Wildman–Crippen LogP) is 2.15. The van der Waals surface area contributed by atoms with E-state index in [1.54, 1.807) is 48.5 Å². The molecule has 4 aromatic rings. The minimum Gasteiger partial charge on any atom is -0.497 e. The lowest BCUT2D eigenvalue weighted by Crippen LogP contribution is -2.34. The molecule has 0 radical (unpaired) electrons. The second-order valence-corrected chi connectivity index (χ2v) is 9.26. The van der Waals surface area contributed by atoms with Crippen LogP contribution in [0.2, 0.25) is 0 Å². The molecule has 3 N–H and O–H groups in total. The van der Waals surface area contributed by atoms with Gasteiger partial charge in [0.15, 0.2) is 0 Å². The van der Waals surface area contributed by atoms with E-state index in [-0.39, 0.29) is 21.7 Å². The van der Waals surface area contributed by atoms with E-state index in [2.05, 4.69) is 15.0 Å². The van der Waals surface area contributed by atoms with Crippen LogP contribution < -0.4 is 30.8 Å². The molecule has 0 atom stereocenters. The van der Waals surface area contributed by atoms with Crippen LogP contribution in [0.15, 0.2) is 81.2 Å². The maximum absolute atomic E-state index is 13.1. The minimum atomic E-state index is -4.10. The van der Waals surface area contributed by atoms with Gasteiger partial charge in [-0.25, -0.2) is 13.2 Å². The normalized spacial score (nSPS) is 11.2. The lowest BCUT2D eigenvalue weighted by atomic mass is 10.2. The lowest BCUT2D eigenvalue weighted by Gasteiger charge is -2.14. The first-order chi connectivity index (χ1) is 17.2. The fourth-order valence-corrected chi connectivity index (χ4v) is 4.83. The molecular formula is C24H22N4O7S. The Kier molecular flexibility index (Phi) is 6.79. The van der Waals surface area contributed by atoms with Gasteiger partial charge in [-0.3, -0.25) is 23.9 Å². The highest BCUT2D eigenvalue weighted by Gasteiger charge is 2.21. The molecule has 3 aromatic carbocycles. The third-order valence-corrected chi connectivity index (χ3v) is 6.69. The first-order valence-corrected chi connectivity index (χ1v) is 12.1. The number of carbonyl (C=O) groups excluding carboxylic acids is 1. The zero-order chi connectivity index (χ0) is 25.9. The zero-order valence-electron chi connectivity index (χ0n) is 19.3. The molecule has 0 spiro atoms. The average molecular weight is 511 g/mol. The number of H-pyrrole nitrogens is 1. The molecule has 0 fully saturated rings. The van der Waals surface area contributed by atoms with Crippen molar-refractivity contribution in [3.63, 3.8) is 0 Å². The van der Waals surface area contributed by atoms with Crippen molar-refractivity contribution in [1.82, 2.24) is 9.55 Å². The maximum Gasteiger partial charge on any atom is 0.329 e. The van der Waals surface area contributed by atoms with E-state index < -0.39 is 33.7 Å². The number of amides is 1. The molecule has 0 saturated carbocycles. The summed E-state index contributed by atoms with van der Waals surface area (Å²) in [4.78, 5) is 39.1. The average Bonchev–Trinajstić information content (AvgIpc) is 2.87. The molecule has 12 heteroatoms. The maximum atomic E-state index is 13.1. The molecule has 1 heterocycles. The number of ether oxygens (including phenoxy) is 2. The van der Waals surface area contributed by atoms with Crippen molar-refractivity contribution < 1.29 is 22.7 Å². The monoisotopic (exact) mass is 510 g/mol. The summed E-state index contributed by atoms with van der Waals surface area (Å²) in [5.41, 5.74) is -0.533. The van der Waals surface area contributed by atoms with Crippen molar-refractivity contribution in [2.45, 2.75) is 11.4 Å². The van der Waals surface area contributed by atoms with Crippen LogP contribution in [0.1, 0.15) is 0 Å². The predicted molar refractivity (Wildman–Crippen MR) is 134 cm³/mol. The molecule has 4 rings (SSSR count). The largest absolute Gasteiger partial charge is 0.497 e. The zero-order valence-corrected chi connectivity index (χ0v) is 20.1. The van der Waals surface area contributed by atoms with Crippen molar-refractivity contribution >= 4 is 38.2 Å². The van der Waals surface area contributed by atoms with Crippen molar-refractivity contribution in [1.29, 1.82) is 0 Å². The minimum absolute atomic E-state index is 0.0665. The van der Waals surface area contributed by atoms with Crippen LogP contribution in [0.4, 0.5) is 11.4 Å². The number of hydrogen-bond acceptors (Lipinski definition) is 7. The second-order valence-electron chi connectivity index (χ2n) is 7.61. The smallest absolute Gasteiger partial charge is 0.329 e. The highest BCUT2D eigenvalue weighted by Crippen LogP contribution is 2.29. The summed E-state index contributed by atoms with van der Waals surface area (Å²) in [7, 11) is -1.27. The topological polar surface area (TPSA) is 149 Å². The van der Waals surface area contributed by atoms with E-state index in [0.717, 1.165) is 4.57 Å². The van der Waals surface area contributed by atoms with Gasteiger partial charge in [-0.15, -0.1) is 0 Å². The van der Waals surface area contributed by atoms with Gasteiger partial charge in [-0.05, 0) is 54.6 Å². The van der Waals surface area contributed by atoms with Crippen molar-refractivity contribution in [2.75, 3.05) is 24.3 Å². The number of sulfonamides is 1. The fraction of sp³-hybridized carbons (Fsp3) is 0.125. The second kappa shape index (κ2) is 9.96. The quantitative estimate of drug-likeness (QED) is 0.329. The van der Waals surface area contributed by atoms with Crippen molar-refractivity contribution in [2.24, 2.45) is 0 Å². The van der Waals surface area contributed by atoms with E-state index in [0.29, 0.717) is 17.0 Å². The van der Waals surface area contributed by atoms with Crippen LogP contribution in [0.3, 0.4) is 0 Å². The first-order valence-electron chi connectivity index (χ1n) is 10.6. The molecule has 0 saturated heterocycles. The molecule has 0 aliphatic rings. The summed E-state index contributed by atoms with van der Waals surface area (Å²) in [6.45, 7) is -0.408. The van der Waals surface area contributed by atoms with Gasteiger partial charge in [0.1, 0.15) is 22.9 Å². The van der Waals surface area contributed by atoms with Crippen LogP contribution in [-0.4, -0.2) is 38.1 Å². The number of fused-ring (bicyclic) bond motifs is 1.